The molecule has 0 aromatic heterocycles. The van der Waals surface area contributed by atoms with E-state index < -0.39 is 5.92 Å². The lowest BCUT2D eigenvalue weighted by Crippen LogP contribution is -2.44. The highest BCUT2D eigenvalue weighted by Gasteiger charge is 2.29. The van der Waals surface area contributed by atoms with Gasteiger partial charge in [0.15, 0.2) is 0 Å². The summed E-state index contributed by atoms with van der Waals surface area (Å²) in [5, 5.41) is 10.4. The number of hydrogen-bond donors (Lipinski definition) is 3. The fourth-order valence-electron chi connectivity index (χ4n) is 4.88. The molecule has 37 heavy (non-hydrogen) atoms. The Labute approximate surface area is 217 Å². The van der Waals surface area contributed by atoms with Gasteiger partial charge in [0.05, 0.1) is 18.7 Å². The van der Waals surface area contributed by atoms with Crippen LogP contribution in [0.4, 0.5) is 5.69 Å². The Hall–Kier alpha value is -3.85. The van der Waals surface area contributed by atoms with E-state index >= 15 is 0 Å². The lowest BCUT2D eigenvalue weighted by Gasteiger charge is -2.35. The standard InChI is InChI=1S/C28H35N5O4/c1-32-10-8-23(9-11-32)33(2)28(35)19-5-7-25-20(12-19)13-21(17-37-25)27(34)31-24-6-4-18(14-26(24)36-3)22(15-29)16-30/h4-7,12,14-16,21,23,29H,8-11,13,17,30H2,1-3H3,(H,31,34)/b22-16+,29-15?. The zero-order valence-corrected chi connectivity index (χ0v) is 21.6. The van der Waals surface area contributed by atoms with Crippen LogP contribution in [0.25, 0.3) is 5.57 Å². The maximum absolute atomic E-state index is 13.2. The van der Waals surface area contributed by atoms with Crippen LogP contribution in [0.15, 0.2) is 42.6 Å². The Kier molecular flexibility index (Phi) is 8.13. The molecule has 1 atom stereocenters. The number of nitrogens with one attached hydrogen (secondary N) is 2. The van der Waals surface area contributed by atoms with Crippen molar-refractivity contribution < 1.29 is 19.1 Å². The summed E-state index contributed by atoms with van der Waals surface area (Å²) < 4.78 is 11.3. The predicted molar refractivity (Wildman–Crippen MR) is 144 cm³/mol. The quantitative estimate of drug-likeness (QED) is 0.498. The molecule has 0 aliphatic carbocycles. The number of anilines is 1. The Bertz CT molecular complexity index is 1200. The zero-order chi connectivity index (χ0) is 26.5. The number of ether oxygens (including phenoxy) is 2. The van der Waals surface area contributed by atoms with E-state index in [1.807, 2.05) is 24.1 Å². The largest absolute Gasteiger partial charge is 0.495 e. The summed E-state index contributed by atoms with van der Waals surface area (Å²) in [6.07, 6.45) is 4.90. The summed E-state index contributed by atoms with van der Waals surface area (Å²) in [6, 6.07) is 10.9. The van der Waals surface area contributed by atoms with E-state index in [4.69, 9.17) is 20.6 Å². The van der Waals surface area contributed by atoms with E-state index in [9.17, 15) is 9.59 Å². The molecule has 4 N–H and O–H groups in total. The number of hydrogen-bond acceptors (Lipinski definition) is 7. The van der Waals surface area contributed by atoms with E-state index in [1.54, 1.807) is 24.3 Å². The molecule has 1 saturated heterocycles. The first-order valence-electron chi connectivity index (χ1n) is 12.5. The smallest absolute Gasteiger partial charge is 0.253 e. The second-order valence-electron chi connectivity index (χ2n) is 9.66. The summed E-state index contributed by atoms with van der Waals surface area (Å²) >= 11 is 0. The summed E-state index contributed by atoms with van der Waals surface area (Å²) in [7, 11) is 5.50. The van der Waals surface area contributed by atoms with Crippen molar-refractivity contribution in [1.82, 2.24) is 9.80 Å². The lowest BCUT2D eigenvalue weighted by atomic mass is 9.94. The number of piperidine rings is 1. The van der Waals surface area contributed by atoms with Crippen LogP contribution in [0.2, 0.25) is 0 Å². The summed E-state index contributed by atoms with van der Waals surface area (Å²) in [5.74, 6) is 0.546. The van der Waals surface area contributed by atoms with Gasteiger partial charge in [-0.3, -0.25) is 9.59 Å². The van der Waals surface area contributed by atoms with Gasteiger partial charge in [-0.1, -0.05) is 6.07 Å². The van der Waals surface area contributed by atoms with Gasteiger partial charge in [0.25, 0.3) is 5.91 Å². The molecule has 0 spiro atoms. The second kappa shape index (κ2) is 11.5. The van der Waals surface area contributed by atoms with Crippen LogP contribution < -0.4 is 20.5 Å². The molecule has 0 radical (unpaired) electrons. The number of nitrogens with zero attached hydrogens (tertiary/aromatic N) is 2. The van der Waals surface area contributed by atoms with Gasteiger partial charge in [-0.15, -0.1) is 0 Å². The van der Waals surface area contributed by atoms with Gasteiger partial charge in [-0.25, -0.2) is 0 Å². The highest BCUT2D eigenvalue weighted by Crippen LogP contribution is 2.32. The van der Waals surface area contributed by atoms with Crippen molar-refractivity contribution in [3.05, 3.63) is 59.3 Å². The molecule has 2 aromatic rings. The maximum Gasteiger partial charge on any atom is 0.253 e. The minimum Gasteiger partial charge on any atom is -0.495 e. The highest BCUT2D eigenvalue weighted by molar-refractivity contribution is 6.08. The maximum atomic E-state index is 13.2. The molecule has 2 aliphatic heterocycles. The Balaban J connectivity index is 1.45. The summed E-state index contributed by atoms with van der Waals surface area (Å²) in [6.45, 7) is 2.21. The van der Waals surface area contributed by atoms with Crippen molar-refractivity contribution in [2.45, 2.75) is 25.3 Å². The number of carbonyl (C=O) groups excluding carboxylic acids is 2. The molecule has 9 nitrogen and oxygen atoms in total. The Morgan fingerprint density at radius 1 is 1.19 bits per heavy atom. The van der Waals surface area contributed by atoms with E-state index in [0.717, 1.165) is 37.7 Å². The molecule has 1 unspecified atom stereocenters. The third-order valence-electron chi connectivity index (χ3n) is 7.27. The number of nitrogens with two attached hydrogens (primary N) is 1. The van der Waals surface area contributed by atoms with Gasteiger partial charge in [-0.2, -0.15) is 0 Å². The van der Waals surface area contributed by atoms with E-state index in [1.165, 1.54) is 13.3 Å². The topological polar surface area (TPSA) is 121 Å². The molecule has 0 bridgehead atoms. The summed E-state index contributed by atoms with van der Waals surface area (Å²) in [4.78, 5) is 30.5. The normalized spacial score (nSPS) is 18.4. The molecule has 2 aromatic carbocycles. The summed E-state index contributed by atoms with van der Waals surface area (Å²) in [5.41, 5.74) is 8.82. The van der Waals surface area contributed by atoms with Crippen molar-refractivity contribution >= 4 is 29.3 Å². The van der Waals surface area contributed by atoms with Gasteiger partial charge in [-0.05, 0) is 80.9 Å². The Morgan fingerprint density at radius 2 is 1.92 bits per heavy atom. The lowest BCUT2D eigenvalue weighted by molar-refractivity contribution is -0.121. The van der Waals surface area contributed by atoms with Crippen LogP contribution in [0.3, 0.4) is 0 Å². The minimum absolute atomic E-state index is 0.00965. The van der Waals surface area contributed by atoms with Crippen molar-refractivity contribution in [3.63, 3.8) is 0 Å². The monoisotopic (exact) mass is 505 g/mol. The van der Waals surface area contributed by atoms with Crippen molar-refractivity contribution in [2.75, 3.05) is 46.2 Å². The number of amides is 2. The van der Waals surface area contributed by atoms with Crippen LogP contribution in [0.5, 0.6) is 11.5 Å². The first kappa shape index (κ1) is 26.2. The van der Waals surface area contributed by atoms with Crippen LogP contribution in [0.1, 0.15) is 34.3 Å². The Morgan fingerprint density at radius 3 is 2.59 bits per heavy atom. The van der Waals surface area contributed by atoms with Crippen molar-refractivity contribution in [1.29, 1.82) is 5.41 Å². The number of rotatable bonds is 7. The third kappa shape index (κ3) is 5.77. The SMILES string of the molecule is COc1cc(/C(C=N)=C/N)ccc1NC(=O)C1COc2ccc(C(=O)N(C)C3CCN(C)CC3)cc2C1. The molecule has 2 amide bonds. The van der Waals surface area contributed by atoms with Crippen molar-refractivity contribution in [2.24, 2.45) is 11.7 Å². The number of carbonyl (C=O) groups is 2. The second-order valence-corrected chi connectivity index (χ2v) is 9.66. The third-order valence-corrected chi connectivity index (χ3v) is 7.27. The average molecular weight is 506 g/mol. The number of methoxy groups -OCH3 is 1. The zero-order valence-electron chi connectivity index (χ0n) is 21.6. The minimum atomic E-state index is -0.421. The number of allylic oxidation sites excluding steroid dienone is 1. The average Bonchev–Trinajstić information content (AvgIpc) is 2.93. The van der Waals surface area contributed by atoms with Crippen LogP contribution in [-0.2, 0) is 11.2 Å². The molecule has 2 heterocycles. The molecule has 2 aliphatic rings. The van der Waals surface area contributed by atoms with Crippen LogP contribution >= 0.6 is 0 Å². The van der Waals surface area contributed by atoms with Crippen LogP contribution in [-0.4, -0.2) is 74.8 Å². The van der Waals surface area contributed by atoms with Crippen LogP contribution in [0, 0.1) is 11.3 Å². The molecule has 9 heteroatoms. The van der Waals surface area contributed by atoms with Gasteiger partial charge < -0.3 is 35.7 Å². The molecule has 4 rings (SSSR count). The number of benzene rings is 2. The fraction of sp³-hybridized carbons (Fsp3) is 0.393. The molecule has 1 fully saturated rings. The van der Waals surface area contributed by atoms with Gasteiger partial charge >= 0.3 is 0 Å². The van der Waals surface area contributed by atoms with Gasteiger partial charge in [0.2, 0.25) is 5.91 Å². The predicted octanol–water partition coefficient (Wildman–Crippen LogP) is 3.00. The van der Waals surface area contributed by atoms with Crippen molar-refractivity contribution in [3.8, 4) is 11.5 Å². The molecular weight excluding hydrogens is 470 g/mol. The number of fused-ring (bicyclic) bond motifs is 1. The van der Waals surface area contributed by atoms with E-state index in [-0.39, 0.29) is 24.5 Å². The van der Waals surface area contributed by atoms with E-state index in [0.29, 0.717) is 40.3 Å². The van der Waals surface area contributed by atoms with Gasteiger partial charge in [0, 0.05) is 36.6 Å². The first-order valence-corrected chi connectivity index (χ1v) is 12.5. The first-order chi connectivity index (χ1) is 17.8. The molecule has 0 saturated carbocycles. The molecule has 196 valence electrons. The van der Waals surface area contributed by atoms with Gasteiger partial charge in [0.1, 0.15) is 18.1 Å². The molecular formula is C28H35N5O4. The van der Waals surface area contributed by atoms with E-state index in [2.05, 4.69) is 17.3 Å². The number of likely N-dealkylation sites (tertiary alicyclic amines) is 1. The fourth-order valence-corrected chi connectivity index (χ4v) is 4.88. The highest BCUT2D eigenvalue weighted by atomic mass is 16.5.